The Labute approximate surface area is 139 Å². The first-order valence-electron chi connectivity index (χ1n) is 7.56. The zero-order chi connectivity index (χ0) is 18.7. The lowest BCUT2D eigenvalue weighted by molar-refractivity contribution is -0.236. The molecule has 1 fully saturated rings. The summed E-state index contributed by atoms with van der Waals surface area (Å²) < 4.78 is 10.2. The maximum Gasteiger partial charge on any atom is 0.408 e. The average Bonchev–Trinajstić information content (AvgIpc) is 2.45. The minimum Gasteiger partial charge on any atom is -0.444 e. The van der Waals surface area contributed by atoms with Gasteiger partial charge in [-0.2, -0.15) is 0 Å². The van der Waals surface area contributed by atoms with Crippen molar-refractivity contribution in [2.45, 2.75) is 70.0 Å². The van der Waals surface area contributed by atoms with Crippen LogP contribution in [0.4, 0.5) is 4.79 Å². The van der Waals surface area contributed by atoms with E-state index in [1.54, 1.807) is 20.8 Å². The third-order valence-electron chi connectivity index (χ3n) is 3.30. The molecule has 2 amide bonds. The van der Waals surface area contributed by atoms with Crippen molar-refractivity contribution in [1.82, 2.24) is 10.6 Å². The fraction of sp³-hybridized carbons (Fsp3) is 0.857. The van der Waals surface area contributed by atoms with Crippen molar-refractivity contribution in [3.05, 3.63) is 0 Å². The van der Waals surface area contributed by atoms with Gasteiger partial charge in [0.1, 0.15) is 36.1 Å². The molecular weight excluding hydrogens is 324 g/mol. The Morgan fingerprint density at radius 2 is 1.75 bits per heavy atom. The number of aliphatic hydroxyl groups excluding tert-OH is 4. The van der Waals surface area contributed by atoms with Crippen LogP contribution in [0.1, 0.15) is 27.7 Å². The number of nitrogens with one attached hydrogen (secondary N) is 2. The average molecular weight is 350 g/mol. The van der Waals surface area contributed by atoms with E-state index in [0.29, 0.717) is 0 Å². The highest BCUT2D eigenvalue weighted by Gasteiger charge is 2.44. The minimum absolute atomic E-state index is 0.608. The standard InChI is InChI=1S/C14H26N2O8/c1-6(15-13(22)24-14(2,3)4)11(21)16-12-10(20)9(19)8(18)7(5-17)23-12/h6-10,12,17-20H,5H2,1-4H3,(H,15,22)(H,16,21)/t6-,7+,8+,9-,10+,12+/m0/s1. The maximum absolute atomic E-state index is 12.1. The number of rotatable bonds is 4. The Kier molecular flexibility index (Phi) is 6.93. The highest BCUT2D eigenvalue weighted by atomic mass is 16.6. The van der Waals surface area contributed by atoms with Crippen molar-refractivity contribution in [1.29, 1.82) is 0 Å². The van der Waals surface area contributed by atoms with Gasteiger partial charge >= 0.3 is 6.09 Å². The van der Waals surface area contributed by atoms with Crippen LogP contribution in [0, 0.1) is 0 Å². The Balaban J connectivity index is 2.61. The predicted octanol–water partition coefficient (Wildman–Crippen LogP) is -2.18. The first kappa shape index (κ1) is 20.6. The quantitative estimate of drug-likeness (QED) is 0.334. The number of hydrogen-bond acceptors (Lipinski definition) is 8. The first-order valence-corrected chi connectivity index (χ1v) is 7.56. The van der Waals surface area contributed by atoms with E-state index >= 15 is 0 Å². The molecule has 0 aliphatic carbocycles. The maximum atomic E-state index is 12.1. The fourth-order valence-corrected chi connectivity index (χ4v) is 2.04. The number of ether oxygens (including phenoxy) is 2. The third-order valence-corrected chi connectivity index (χ3v) is 3.30. The van der Waals surface area contributed by atoms with E-state index in [2.05, 4.69) is 10.6 Å². The van der Waals surface area contributed by atoms with Crippen LogP contribution in [0.15, 0.2) is 0 Å². The zero-order valence-electron chi connectivity index (χ0n) is 14.1. The molecule has 0 radical (unpaired) electrons. The van der Waals surface area contributed by atoms with Gasteiger partial charge in [-0.3, -0.25) is 4.79 Å². The van der Waals surface area contributed by atoms with Gasteiger partial charge in [-0.25, -0.2) is 4.79 Å². The molecule has 140 valence electrons. The molecule has 1 heterocycles. The molecule has 1 aliphatic heterocycles. The van der Waals surface area contributed by atoms with Gasteiger partial charge in [0.15, 0.2) is 6.23 Å². The van der Waals surface area contributed by atoms with E-state index in [9.17, 15) is 24.9 Å². The van der Waals surface area contributed by atoms with Crippen LogP contribution < -0.4 is 10.6 Å². The fourth-order valence-electron chi connectivity index (χ4n) is 2.04. The highest BCUT2D eigenvalue weighted by molar-refractivity contribution is 5.85. The van der Waals surface area contributed by atoms with Crippen molar-refractivity contribution < 1.29 is 39.5 Å². The Bertz CT molecular complexity index is 451. The van der Waals surface area contributed by atoms with Crippen LogP contribution in [0.3, 0.4) is 0 Å². The van der Waals surface area contributed by atoms with E-state index in [1.807, 2.05) is 0 Å². The lowest BCUT2D eigenvalue weighted by Gasteiger charge is -2.40. The molecule has 24 heavy (non-hydrogen) atoms. The number of aliphatic hydroxyl groups is 4. The summed E-state index contributed by atoms with van der Waals surface area (Å²) in [7, 11) is 0. The number of alkyl carbamates (subject to hydrolysis) is 1. The Morgan fingerprint density at radius 1 is 1.17 bits per heavy atom. The van der Waals surface area contributed by atoms with Crippen LogP contribution in [0.5, 0.6) is 0 Å². The van der Waals surface area contributed by atoms with Gasteiger partial charge in [-0.1, -0.05) is 0 Å². The lowest BCUT2D eigenvalue weighted by atomic mass is 9.98. The van der Waals surface area contributed by atoms with Gasteiger partial charge in [-0.05, 0) is 27.7 Å². The van der Waals surface area contributed by atoms with Crippen LogP contribution in [0.2, 0.25) is 0 Å². The summed E-state index contributed by atoms with van der Waals surface area (Å²) in [6, 6.07) is -1.01. The Morgan fingerprint density at radius 3 is 2.25 bits per heavy atom. The number of carbonyl (C=O) groups is 2. The molecule has 0 spiro atoms. The normalized spacial score (nSPS) is 31.9. The van der Waals surface area contributed by atoms with Gasteiger partial charge in [0.05, 0.1) is 6.61 Å². The van der Waals surface area contributed by atoms with Crippen LogP contribution in [-0.2, 0) is 14.3 Å². The summed E-state index contributed by atoms with van der Waals surface area (Å²) in [5.41, 5.74) is -0.725. The summed E-state index contributed by atoms with van der Waals surface area (Å²) in [6.45, 7) is 5.80. The molecule has 6 atom stereocenters. The smallest absolute Gasteiger partial charge is 0.408 e. The lowest BCUT2D eigenvalue weighted by Crippen LogP contribution is -2.64. The monoisotopic (exact) mass is 350 g/mol. The number of hydrogen-bond donors (Lipinski definition) is 6. The molecule has 1 saturated heterocycles. The molecule has 1 rings (SSSR count). The second-order valence-corrected chi connectivity index (χ2v) is 6.63. The zero-order valence-corrected chi connectivity index (χ0v) is 14.1. The van der Waals surface area contributed by atoms with E-state index < -0.39 is 60.9 Å². The van der Waals surface area contributed by atoms with Crippen LogP contribution in [0.25, 0.3) is 0 Å². The van der Waals surface area contributed by atoms with Gasteiger partial charge in [0.2, 0.25) is 5.91 Å². The molecular formula is C14H26N2O8. The van der Waals surface area contributed by atoms with Crippen molar-refractivity contribution >= 4 is 12.0 Å². The molecule has 1 aliphatic rings. The molecule has 10 heteroatoms. The molecule has 0 saturated carbocycles. The molecule has 0 aromatic heterocycles. The van der Waals surface area contributed by atoms with Crippen molar-refractivity contribution in [2.75, 3.05) is 6.61 Å². The number of amides is 2. The van der Waals surface area contributed by atoms with Crippen molar-refractivity contribution in [3.63, 3.8) is 0 Å². The van der Waals surface area contributed by atoms with Crippen LogP contribution >= 0.6 is 0 Å². The van der Waals surface area contributed by atoms with Crippen molar-refractivity contribution in [2.24, 2.45) is 0 Å². The summed E-state index contributed by atoms with van der Waals surface area (Å²) in [5.74, 6) is -0.704. The van der Waals surface area contributed by atoms with Crippen LogP contribution in [-0.4, -0.2) is 81.3 Å². The summed E-state index contributed by atoms with van der Waals surface area (Å²) in [4.78, 5) is 23.7. The highest BCUT2D eigenvalue weighted by Crippen LogP contribution is 2.19. The predicted molar refractivity (Wildman–Crippen MR) is 80.7 cm³/mol. The van der Waals surface area contributed by atoms with E-state index in [-0.39, 0.29) is 0 Å². The van der Waals surface area contributed by atoms with E-state index in [4.69, 9.17) is 14.6 Å². The Hall–Kier alpha value is -1.46. The molecule has 0 bridgehead atoms. The second kappa shape index (κ2) is 8.08. The van der Waals surface area contributed by atoms with Gasteiger partial charge < -0.3 is 40.5 Å². The van der Waals surface area contributed by atoms with E-state index in [1.165, 1.54) is 6.92 Å². The number of carbonyl (C=O) groups excluding carboxylic acids is 2. The summed E-state index contributed by atoms with van der Waals surface area (Å²) in [6.07, 6.45) is -8.00. The molecule has 0 aromatic rings. The molecule has 0 aromatic carbocycles. The third kappa shape index (κ3) is 5.56. The molecule has 0 unspecified atom stereocenters. The van der Waals surface area contributed by atoms with Gasteiger partial charge in [0.25, 0.3) is 0 Å². The van der Waals surface area contributed by atoms with Gasteiger partial charge in [0, 0.05) is 0 Å². The second-order valence-electron chi connectivity index (χ2n) is 6.63. The largest absolute Gasteiger partial charge is 0.444 e. The molecule has 6 N–H and O–H groups in total. The summed E-state index contributed by atoms with van der Waals surface area (Å²) >= 11 is 0. The SMILES string of the molecule is C[C@H](NC(=O)OC(C)(C)C)C(=O)N[C@@H]1O[C@H](CO)[C@@H](O)[C@H](O)[C@H]1O. The van der Waals surface area contributed by atoms with E-state index in [0.717, 1.165) is 0 Å². The van der Waals surface area contributed by atoms with Crippen molar-refractivity contribution in [3.8, 4) is 0 Å². The van der Waals surface area contributed by atoms with Gasteiger partial charge in [-0.15, -0.1) is 0 Å². The molecule has 10 nitrogen and oxygen atoms in total. The topological polar surface area (TPSA) is 158 Å². The first-order chi connectivity index (χ1) is 11.0. The summed E-state index contributed by atoms with van der Waals surface area (Å²) in [5, 5.41) is 42.9. The minimum atomic E-state index is -1.60.